The van der Waals surface area contributed by atoms with E-state index in [-0.39, 0.29) is 0 Å². The molecule has 1 aromatic rings. The van der Waals surface area contributed by atoms with E-state index in [1.165, 1.54) is 57.2 Å². The molecule has 0 amide bonds. The third-order valence-corrected chi connectivity index (χ3v) is 4.44. The highest BCUT2D eigenvalue weighted by Gasteiger charge is 2.27. The van der Waals surface area contributed by atoms with Crippen molar-refractivity contribution in [2.24, 2.45) is 0 Å². The Balaban J connectivity index is 1.63. The van der Waals surface area contributed by atoms with Crippen LogP contribution in [0.2, 0.25) is 0 Å². The average Bonchev–Trinajstić information content (AvgIpc) is 3.11. The van der Waals surface area contributed by atoms with Gasteiger partial charge in [-0.15, -0.1) is 0 Å². The number of unbranched alkanes of at least 4 members (excludes halogenated alkanes) is 3. The summed E-state index contributed by atoms with van der Waals surface area (Å²) in [6.45, 7) is 5.11. The van der Waals surface area contributed by atoms with Gasteiger partial charge in [0.05, 0.1) is 0 Å². The molecule has 3 heteroatoms. The predicted octanol–water partition coefficient (Wildman–Crippen LogP) is 4.13. The van der Waals surface area contributed by atoms with Crippen molar-refractivity contribution < 1.29 is 9.47 Å². The van der Waals surface area contributed by atoms with Gasteiger partial charge in [-0.3, -0.25) is 4.90 Å². The lowest BCUT2D eigenvalue weighted by molar-refractivity contribution is 0.174. The summed E-state index contributed by atoms with van der Waals surface area (Å²) in [5.41, 5.74) is 1.39. The first-order chi connectivity index (χ1) is 9.88. The molecule has 3 rings (SSSR count). The molecule has 0 aromatic heterocycles. The Morgan fingerprint density at radius 3 is 2.95 bits per heavy atom. The van der Waals surface area contributed by atoms with Crippen molar-refractivity contribution >= 4 is 0 Å². The van der Waals surface area contributed by atoms with Crippen LogP contribution in [0.1, 0.15) is 57.1 Å². The van der Waals surface area contributed by atoms with Crippen LogP contribution < -0.4 is 9.47 Å². The second kappa shape index (κ2) is 6.49. The number of hydrogen-bond donors (Lipinski definition) is 0. The van der Waals surface area contributed by atoms with Crippen molar-refractivity contribution in [2.75, 3.05) is 19.9 Å². The molecular weight excluding hydrogens is 250 g/mol. The van der Waals surface area contributed by atoms with E-state index in [1.807, 2.05) is 0 Å². The van der Waals surface area contributed by atoms with Gasteiger partial charge in [-0.2, -0.15) is 0 Å². The van der Waals surface area contributed by atoms with Crippen LogP contribution >= 0.6 is 0 Å². The first kappa shape index (κ1) is 13.7. The molecule has 1 atom stereocenters. The molecule has 2 aliphatic heterocycles. The summed E-state index contributed by atoms with van der Waals surface area (Å²) in [6, 6.07) is 7.02. The van der Waals surface area contributed by atoms with E-state index in [4.69, 9.17) is 9.47 Å². The molecule has 110 valence electrons. The lowest BCUT2D eigenvalue weighted by atomic mass is 10.0. The van der Waals surface area contributed by atoms with Crippen LogP contribution in [0.3, 0.4) is 0 Å². The molecule has 2 aliphatic rings. The number of rotatable bonds is 6. The number of nitrogens with zero attached hydrogens (tertiary/aromatic N) is 1. The maximum Gasteiger partial charge on any atom is 0.231 e. The van der Waals surface area contributed by atoms with Crippen LogP contribution in [-0.2, 0) is 0 Å². The van der Waals surface area contributed by atoms with Gasteiger partial charge in [0.15, 0.2) is 11.5 Å². The summed E-state index contributed by atoms with van der Waals surface area (Å²) in [7, 11) is 0. The lowest BCUT2D eigenvalue weighted by Gasteiger charge is -2.25. The van der Waals surface area contributed by atoms with E-state index in [2.05, 4.69) is 30.0 Å². The highest BCUT2D eigenvalue weighted by atomic mass is 16.7. The Bertz CT molecular complexity index is 447. The summed E-state index contributed by atoms with van der Waals surface area (Å²) >= 11 is 0. The fourth-order valence-electron chi connectivity index (χ4n) is 3.33. The number of hydrogen-bond acceptors (Lipinski definition) is 3. The van der Waals surface area contributed by atoms with Crippen molar-refractivity contribution in [1.82, 2.24) is 4.90 Å². The molecule has 0 N–H and O–H groups in total. The standard InChI is InChI=1S/C17H25NO2/c1-2-3-4-5-10-18-11-6-7-15(18)14-8-9-16-17(12-14)20-13-19-16/h8-9,12,15H,2-7,10-11,13H2,1H3. The largest absolute Gasteiger partial charge is 0.454 e. The highest BCUT2D eigenvalue weighted by Crippen LogP contribution is 2.38. The summed E-state index contributed by atoms with van der Waals surface area (Å²) in [5, 5.41) is 0. The average molecular weight is 275 g/mol. The minimum atomic E-state index is 0.365. The van der Waals surface area contributed by atoms with Crippen LogP contribution in [0, 0.1) is 0 Å². The highest BCUT2D eigenvalue weighted by molar-refractivity contribution is 5.45. The Morgan fingerprint density at radius 2 is 2.05 bits per heavy atom. The van der Waals surface area contributed by atoms with Crippen molar-refractivity contribution in [3.63, 3.8) is 0 Å². The minimum absolute atomic E-state index is 0.365. The molecule has 1 saturated heterocycles. The Kier molecular flexibility index (Phi) is 4.46. The zero-order valence-corrected chi connectivity index (χ0v) is 12.4. The number of likely N-dealkylation sites (tertiary alicyclic amines) is 1. The maximum absolute atomic E-state index is 5.51. The first-order valence-corrected chi connectivity index (χ1v) is 8.02. The van der Waals surface area contributed by atoms with E-state index in [9.17, 15) is 0 Å². The number of benzene rings is 1. The van der Waals surface area contributed by atoms with Crippen molar-refractivity contribution in [3.05, 3.63) is 23.8 Å². The van der Waals surface area contributed by atoms with Gasteiger partial charge in [0.25, 0.3) is 0 Å². The molecule has 1 unspecified atom stereocenters. The monoisotopic (exact) mass is 275 g/mol. The molecular formula is C17H25NO2. The Morgan fingerprint density at radius 1 is 1.15 bits per heavy atom. The van der Waals surface area contributed by atoms with E-state index in [1.54, 1.807) is 0 Å². The SMILES string of the molecule is CCCCCCN1CCCC1c1ccc2c(c1)OCO2. The number of fused-ring (bicyclic) bond motifs is 1. The summed E-state index contributed by atoms with van der Waals surface area (Å²) < 4.78 is 10.9. The lowest BCUT2D eigenvalue weighted by Crippen LogP contribution is -2.24. The molecule has 20 heavy (non-hydrogen) atoms. The summed E-state index contributed by atoms with van der Waals surface area (Å²) in [6.07, 6.45) is 7.95. The van der Waals surface area contributed by atoms with Gasteiger partial charge in [0.1, 0.15) is 0 Å². The maximum atomic E-state index is 5.51. The normalized spacial score (nSPS) is 21.6. The van der Waals surface area contributed by atoms with Crippen LogP contribution in [0.5, 0.6) is 11.5 Å². The van der Waals surface area contributed by atoms with Crippen molar-refractivity contribution in [3.8, 4) is 11.5 Å². The van der Waals surface area contributed by atoms with Crippen LogP contribution in [0.4, 0.5) is 0 Å². The van der Waals surface area contributed by atoms with Gasteiger partial charge >= 0.3 is 0 Å². The van der Waals surface area contributed by atoms with Crippen LogP contribution in [0.15, 0.2) is 18.2 Å². The molecule has 0 aliphatic carbocycles. The van der Waals surface area contributed by atoms with Crippen LogP contribution in [0.25, 0.3) is 0 Å². The fourth-order valence-corrected chi connectivity index (χ4v) is 3.33. The van der Waals surface area contributed by atoms with E-state index < -0.39 is 0 Å². The first-order valence-electron chi connectivity index (χ1n) is 8.02. The van der Waals surface area contributed by atoms with Crippen LogP contribution in [-0.4, -0.2) is 24.8 Å². The Hall–Kier alpha value is -1.22. The zero-order valence-electron chi connectivity index (χ0n) is 12.4. The molecule has 2 heterocycles. The summed E-state index contributed by atoms with van der Waals surface area (Å²) in [5.74, 6) is 1.81. The molecule has 1 fully saturated rings. The fraction of sp³-hybridized carbons (Fsp3) is 0.647. The Labute approximate surface area is 121 Å². The summed E-state index contributed by atoms with van der Waals surface area (Å²) in [4.78, 5) is 2.65. The van der Waals surface area contributed by atoms with E-state index in [0.717, 1.165) is 11.5 Å². The van der Waals surface area contributed by atoms with Gasteiger partial charge in [-0.05, 0) is 50.0 Å². The van der Waals surface area contributed by atoms with Gasteiger partial charge in [-0.1, -0.05) is 32.3 Å². The minimum Gasteiger partial charge on any atom is -0.454 e. The van der Waals surface area contributed by atoms with Gasteiger partial charge < -0.3 is 9.47 Å². The van der Waals surface area contributed by atoms with E-state index >= 15 is 0 Å². The smallest absolute Gasteiger partial charge is 0.231 e. The van der Waals surface area contributed by atoms with Crippen molar-refractivity contribution in [1.29, 1.82) is 0 Å². The molecule has 1 aromatic carbocycles. The molecule has 0 saturated carbocycles. The molecule has 0 radical (unpaired) electrons. The van der Waals surface area contributed by atoms with Gasteiger partial charge in [0.2, 0.25) is 6.79 Å². The predicted molar refractivity (Wildman–Crippen MR) is 80.3 cm³/mol. The third kappa shape index (κ3) is 2.93. The second-order valence-corrected chi connectivity index (χ2v) is 5.87. The zero-order chi connectivity index (χ0) is 13.8. The molecule has 3 nitrogen and oxygen atoms in total. The van der Waals surface area contributed by atoms with Crippen molar-refractivity contribution in [2.45, 2.75) is 51.5 Å². The number of ether oxygens (including phenoxy) is 2. The second-order valence-electron chi connectivity index (χ2n) is 5.87. The quantitative estimate of drug-likeness (QED) is 0.729. The van der Waals surface area contributed by atoms with E-state index in [0.29, 0.717) is 12.8 Å². The van der Waals surface area contributed by atoms with Gasteiger partial charge in [0, 0.05) is 6.04 Å². The third-order valence-electron chi connectivity index (χ3n) is 4.44. The topological polar surface area (TPSA) is 21.7 Å². The molecule has 0 spiro atoms. The molecule has 0 bridgehead atoms. The van der Waals surface area contributed by atoms with Gasteiger partial charge in [-0.25, -0.2) is 0 Å².